The first-order chi connectivity index (χ1) is 12.9. The Balaban J connectivity index is 1.73. The average molecular weight is 389 g/mol. The number of halogens is 1. The van der Waals surface area contributed by atoms with Crippen molar-refractivity contribution in [2.75, 3.05) is 14.1 Å². The third-order valence-electron chi connectivity index (χ3n) is 6.07. The van der Waals surface area contributed by atoms with E-state index < -0.39 is 11.9 Å². The Kier molecular flexibility index (Phi) is 4.95. The zero-order valence-corrected chi connectivity index (χ0v) is 16.5. The standard InChI is InChI=1S/C20H25ClN4O2/c1-24(2)16-6-3-12(4-7-16)19-23-22-18-11-14(20(26)27)9-13-10-15(21)5-8-17(13)25(18)19/h5,8,10,12,14,16H,3-4,6-7,9,11H2,1-2H3,(H,26,27)/t12-,14?,16-. The van der Waals surface area contributed by atoms with Gasteiger partial charge in [-0.3, -0.25) is 9.36 Å². The molecule has 0 bridgehead atoms. The molecule has 2 aromatic rings. The van der Waals surface area contributed by atoms with Gasteiger partial charge in [0.15, 0.2) is 0 Å². The topological polar surface area (TPSA) is 71.2 Å². The molecule has 0 amide bonds. The number of nitrogens with zero attached hydrogens (tertiary/aromatic N) is 4. The number of carboxylic acid groups (broad SMARTS) is 1. The zero-order valence-electron chi connectivity index (χ0n) is 15.7. The molecule has 4 rings (SSSR count). The van der Waals surface area contributed by atoms with Crippen molar-refractivity contribution in [3.63, 3.8) is 0 Å². The minimum Gasteiger partial charge on any atom is -0.481 e. The van der Waals surface area contributed by atoms with Crippen LogP contribution in [-0.4, -0.2) is 50.9 Å². The van der Waals surface area contributed by atoms with Crippen molar-refractivity contribution in [1.82, 2.24) is 19.7 Å². The van der Waals surface area contributed by atoms with E-state index in [1.807, 2.05) is 18.2 Å². The van der Waals surface area contributed by atoms with Crippen LogP contribution < -0.4 is 0 Å². The van der Waals surface area contributed by atoms with E-state index in [0.717, 1.165) is 48.6 Å². The molecule has 0 radical (unpaired) electrons. The lowest BCUT2D eigenvalue weighted by molar-refractivity contribution is -0.141. The molecule has 0 saturated heterocycles. The predicted octanol–water partition coefficient (Wildman–Crippen LogP) is 3.31. The lowest BCUT2D eigenvalue weighted by Crippen LogP contribution is -2.32. The highest BCUT2D eigenvalue weighted by Gasteiger charge is 2.33. The summed E-state index contributed by atoms with van der Waals surface area (Å²) in [4.78, 5) is 14.0. The summed E-state index contributed by atoms with van der Waals surface area (Å²) in [7, 11) is 4.28. The van der Waals surface area contributed by atoms with Crippen molar-refractivity contribution in [3.8, 4) is 5.69 Å². The zero-order chi connectivity index (χ0) is 19.1. The summed E-state index contributed by atoms with van der Waals surface area (Å²) in [5, 5.41) is 19.2. The molecule has 1 saturated carbocycles. The van der Waals surface area contributed by atoms with Crippen LogP contribution in [-0.2, 0) is 17.6 Å². The van der Waals surface area contributed by atoms with Crippen LogP contribution >= 0.6 is 11.6 Å². The Morgan fingerprint density at radius 3 is 2.59 bits per heavy atom. The minimum atomic E-state index is -0.801. The van der Waals surface area contributed by atoms with E-state index in [1.54, 1.807) is 0 Å². The molecule has 2 aliphatic rings. The van der Waals surface area contributed by atoms with Crippen LogP contribution in [0.1, 0.15) is 48.8 Å². The normalized spacial score (nSPS) is 25.0. The van der Waals surface area contributed by atoms with Crippen LogP contribution in [0.15, 0.2) is 18.2 Å². The number of hydrogen-bond donors (Lipinski definition) is 1. The van der Waals surface area contributed by atoms with Crippen LogP contribution in [0.3, 0.4) is 0 Å². The Hall–Kier alpha value is -1.92. The predicted molar refractivity (Wildman–Crippen MR) is 104 cm³/mol. The number of fused-ring (bicyclic) bond motifs is 3. The van der Waals surface area contributed by atoms with Gasteiger partial charge in [-0.05, 0) is 70.0 Å². The monoisotopic (exact) mass is 388 g/mol. The first-order valence-electron chi connectivity index (χ1n) is 9.56. The molecule has 7 heteroatoms. The molecule has 0 spiro atoms. The fraction of sp³-hybridized carbons (Fsp3) is 0.550. The lowest BCUT2D eigenvalue weighted by atomic mass is 9.85. The Morgan fingerprint density at radius 2 is 1.93 bits per heavy atom. The summed E-state index contributed by atoms with van der Waals surface area (Å²) in [6, 6.07) is 6.34. The SMILES string of the molecule is CN(C)[C@H]1CC[C@H](c2nnc3n2-c2ccc(Cl)cc2CC(C(=O)O)C3)CC1. The van der Waals surface area contributed by atoms with E-state index >= 15 is 0 Å². The minimum absolute atomic E-state index is 0.354. The average Bonchev–Trinajstić information content (AvgIpc) is 2.97. The molecule has 1 aliphatic carbocycles. The first-order valence-corrected chi connectivity index (χ1v) is 9.94. The second-order valence-corrected chi connectivity index (χ2v) is 8.43. The van der Waals surface area contributed by atoms with E-state index in [0.29, 0.717) is 29.8 Å². The van der Waals surface area contributed by atoms with Gasteiger partial charge in [-0.15, -0.1) is 10.2 Å². The fourth-order valence-corrected chi connectivity index (χ4v) is 4.70. The van der Waals surface area contributed by atoms with Crippen molar-refractivity contribution in [1.29, 1.82) is 0 Å². The highest BCUT2D eigenvalue weighted by atomic mass is 35.5. The van der Waals surface area contributed by atoms with Gasteiger partial charge in [0.25, 0.3) is 0 Å². The van der Waals surface area contributed by atoms with Gasteiger partial charge in [0.1, 0.15) is 11.6 Å². The summed E-state index contributed by atoms with van der Waals surface area (Å²) in [5.41, 5.74) is 1.93. The van der Waals surface area contributed by atoms with Crippen molar-refractivity contribution in [3.05, 3.63) is 40.4 Å². The third kappa shape index (κ3) is 3.48. The second kappa shape index (κ2) is 7.24. The van der Waals surface area contributed by atoms with Gasteiger partial charge in [0, 0.05) is 23.4 Å². The van der Waals surface area contributed by atoms with E-state index in [9.17, 15) is 9.90 Å². The smallest absolute Gasteiger partial charge is 0.307 e. The number of hydrogen-bond acceptors (Lipinski definition) is 4. The molecule has 2 heterocycles. The highest BCUT2D eigenvalue weighted by Crippen LogP contribution is 2.37. The van der Waals surface area contributed by atoms with Crippen molar-refractivity contribution >= 4 is 17.6 Å². The molecule has 1 atom stereocenters. The molecule has 1 aliphatic heterocycles. The molecule has 1 aromatic heterocycles. The quantitative estimate of drug-likeness (QED) is 0.873. The van der Waals surface area contributed by atoms with Crippen molar-refractivity contribution in [2.45, 2.75) is 50.5 Å². The number of carboxylic acids is 1. The van der Waals surface area contributed by atoms with Crippen molar-refractivity contribution < 1.29 is 9.90 Å². The molecule has 1 N–H and O–H groups in total. The number of carbonyl (C=O) groups is 1. The van der Waals surface area contributed by atoms with Gasteiger partial charge >= 0.3 is 5.97 Å². The number of aliphatic carboxylic acids is 1. The third-order valence-corrected chi connectivity index (χ3v) is 6.31. The number of benzene rings is 1. The molecule has 144 valence electrons. The molecular weight excluding hydrogens is 364 g/mol. The molecule has 1 aromatic carbocycles. The summed E-state index contributed by atoms with van der Waals surface area (Å²) in [5.74, 6) is 0.757. The highest BCUT2D eigenvalue weighted by molar-refractivity contribution is 6.30. The molecule has 27 heavy (non-hydrogen) atoms. The van der Waals surface area contributed by atoms with Crippen LogP contribution in [0.2, 0.25) is 5.02 Å². The van der Waals surface area contributed by atoms with Crippen LogP contribution in [0.5, 0.6) is 0 Å². The van der Waals surface area contributed by atoms with Gasteiger partial charge < -0.3 is 10.0 Å². The largest absolute Gasteiger partial charge is 0.481 e. The van der Waals surface area contributed by atoms with Crippen molar-refractivity contribution in [2.24, 2.45) is 5.92 Å². The molecule has 1 fully saturated rings. The maximum Gasteiger partial charge on any atom is 0.307 e. The summed E-state index contributed by atoms with van der Waals surface area (Å²) < 4.78 is 2.11. The summed E-state index contributed by atoms with van der Waals surface area (Å²) >= 11 is 6.20. The van der Waals surface area contributed by atoms with Crippen LogP contribution in [0, 0.1) is 5.92 Å². The van der Waals surface area contributed by atoms with E-state index in [2.05, 4.69) is 33.8 Å². The Bertz CT molecular complexity index is 856. The van der Waals surface area contributed by atoms with Gasteiger partial charge in [0.05, 0.1) is 11.6 Å². The maximum absolute atomic E-state index is 11.7. The van der Waals surface area contributed by atoms with Crippen LogP contribution in [0.25, 0.3) is 5.69 Å². The van der Waals surface area contributed by atoms with E-state index in [4.69, 9.17) is 11.6 Å². The van der Waals surface area contributed by atoms with E-state index in [1.165, 1.54) is 0 Å². The fourth-order valence-electron chi connectivity index (χ4n) is 4.51. The van der Waals surface area contributed by atoms with E-state index in [-0.39, 0.29) is 0 Å². The van der Waals surface area contributed by atoms with Crippen LogP contribution in [0.4, 0.5) is 0 Å². The Morgan fingerprint density at radius 1 is 1.19 bits per heavy atom. The first kappa shape index (κ1) is 18.4. The van der Waals surface area contributed by atoms with Gasteiger partial charge in [-0.25, -0.2) is 0 Å². The van der Waals surface area contributed by atoms with Gasteiger partial charge in [0.2, 0.25) is 0 Å². The second-order valence-electron chi connectivity index (χ2n) is 8.00. The van der Waals surface area contributed by atoms with Gasteiger partial charge in [-0.2, -0.15) is 0 Å². The van der Waals surface area contributed by atoms with Gasteiger partial charge in [-0.1, -0.05) is 11.6 Å². The summed E-state index contributed by atoms with van der Waals surface area (Å²) in [6.45, 7) is 0. The number of rotatable bonds is 3. The maximum atomic E-state index is 11.7. The molecular formula is C20H25ClN4O2. The lowest BCUT2D eigenvalue weighted by Gasteiger charge is -2.32. The Labute approximate surface area is 164 Å². The molecule has 1 unspecified atom stereocenters. The number of aromatic nitrogens is 3. The summed E-state index contributed by atoms with van der Waals surface area (Å²) in [6.07, 6.45) is 5.29. The molecule has 6 nitrogen and oxygen atoms in total.